The first-order chi connectivity index (χ1) is 15.4. The van der Waals surface area contributed by atoms with Gasteiger partial charge in [-0.25, -0.2) is 8.42 Å². The summed E-state index contributed by atoms with van der Waals surface area (Å²) in [6.45, 7) is 4.32. The van der Waals surface area contributed by atoms with E-state index in [2.05, 4.69) is 21.6 Å². The third kappa shape index (κ3) is 5.72. The number of nitrogens with zero attached hydrogens (tertiary/aromatic N) is 4. The van der Waals surface area contributed by atoms with E-state index in [1.807, 2.05) is 12.1 Å². The van der Waals surface area contributed by atoms with Crippen molar-refractivity contribution in [3.63, 3.8) is 0 Å². The number of anilines is 1. The molecule has 1 heterocycles. The molecule has 0 aliphatic carbocycles. The van der Waals surface area contributed by atoms with E-state index in [1.54, 1.807) is 26.0 Å². The number of carbonyl (C=O) groups is 1. The lowest BCUT2D eigenvalue weighted by Crippen LogP contribution is -2.30. The minimum Gasteiger partial charge on any atom is -0.296 e. The maximum absolute atomic E-state index is 12.6. The Bertz CT molecular complexity index is 1210. The highest BCUT2D eigenvalue weighted by atomic mass is 32.2. The van der Waals surface area contributed by atoms with Crippen molar-refractivity contribution in [2.75, 3.05) is 18.4 Å². The van der Waals surface area contributed by atoms with Crippen molar-refractivity contribution < 1.29 is 13.2 Å². The zero-order valence-corrected chi connectivity index (χ0v) is 19.9. The number of benzene rings is 2. The summed E-state index contributed by atoms with van der Waals surface area (Å²) < 4.78 is 27.2. The van der Waals surface area contributed by atoms with Crippen LogP contribution in [0.1, 0.15) is 35.3 Å². The third-order valence-corrected chi connectivity index (χ3v) is 8.64. The van der Waals surface area contributed by atoms with Crippen molar-refractivity contribution in [1.82, 2.24) is 14.5 Å². The molecule has 0 radical (unpaired) electrons. The number of sulfonamides is 1. The number of rotatable bonds is 9. The van der Waals surface area contributed by atoms with Gasteiger partial charge >= 0.3 is 0 Å². The Morgan fingerprint density at radius 1 is 1.09 bits per heavy atom. The van der Waals surface area contributed by atoms with Gasteiger partial charge in [-0.1, -0.05) is 49.1 Å². The number of nitriles is 1. The number of hydrogen-bond donors (Lipinski definition) is 1. The van der Waals surface area contributed by atoms with Gasteiger partial charge in [0.15, 0.2) is 4.34 Å². The fourth-order valence-electron chi connectivity index (χ4n) is 2.80. The zero-order chi connectivity index (χ0) is 23.1. The summed E-state index contributed by atoms with van der Waals surface area (Å²) in [6, 6.07) is 15.2. The molecule has 1 N–H and O–H groups in total. The van der Waals surface area contributed by atoms with Crippen LogP contribution in [-0.4, -0.2) is 41.9 Å². The van der Waals surface area contributed by atoms with Crippen LogP contribution in [0.15, 0.2) is 57.8 Å². The molecule has 166 valence electrons. The van der Waals surface area contributed by atoms with Crippen LogP contribution in [0.25, 0.3) is 0 Å². The monoisotopic (exact) mass is 487 g/mol. The largest absolute Gasteiger partial charge is 0.296 e. The smallest absolute Gasteiger partial charge is 0.257 e. The second kappa shape index (κ2) is 10.7. The molecule has 0 saturated carbocycles. The topological polar surface area (TPSA) is 116 Å². The Balaban J connectivity index is 1.60. The lowest BCUT2D eigenvalue weighted by atomic mass is 10.2. The maximum atomic E-state index is 12.6. The Morgan fingerprint density at radius 2 is 1.75 bits per heavy atom. The summed E-state index contributed by atoms with van der Waals surface area (Å²) >= 11 is 2.74. The summed E-state index contributed by atoms with van der Waals surface area (Å²) in [5.74, 6) is 0.271. The molecule has 3 aromatic rings. The van der Waals surface area contributed by atoms with Gasteiger partial charge in [0.1, 0.15) is 0 Å². The average Bonchev–Trinajstić information content (AvgIpc) is 3.26. The zero-order valence-electron chi connectivity index (χ0n) is 17.5. The summed E-state index contributed by atoms with van der Waals surface area (Å²) in [4.78, 5) is 12.7. The predicted octanol–water partition coefficient (Wildman–Crippen LogP) is 3.98. The molecule has 0 atom stereocenters. The highest BCUT2D eigenvalue weighted by Gasteiger charge is 2.21. The van der Waals surface area contributed by atoms with Gasteiger partial charge in [0.2, 0.25) is 15.2 Å². The molecule has 1 aromatic heterocycles. The molecule has 3 rings (SSSR count). The standard InChI is InChI=1S/C21H21N5O3S3/c1-3-26(4-2)32(28,29)18-11-9-17(10-12-18)19(27)23-20-24-25-21(31-20)30-14-16-7-5-15(13-22)6-8-16/h5-12H,3-4,14H2,1-2H3,(H,23,24,27). The van der Waals surface area contributed by atoms with Crippen molar-refractivity contribution in [2.24, 2.45) is 0 Å². The molecule has 11 heteroatoms. The Hall–Kier alpha value is -2.78. The maximum Gasteiger partial charge on any atom is 0.257 e. The second-order valence-corrected chi connectivity index (χ2v) is 10.7. The van der Waals surface area contributed by atoms with Gasteiger partial charge in [-0.05, 0) is 42.0 Å². The van der Waals surface area contributed by atoms with Gasteiger partial charge in [0.25, 0.3) is 5.91 Å². The van der Waals surface area contributed by atoms with Gasteiger partial charge in [0, 0.05) is 24.4 Å². The van der Waals surface area contributed by atoms with Crippen LogP contribution in [-0.2, 0) is 15.8 Å². The molecule has 0 aliphatic heterocycles. The van der Waals surface area contributed by atoms with E-state index >= 15 is 0 Å². The number of carbonyl (C=O) groups excluding carboxylic acids is 1. The Morgan fingerprint density at radius 3 is 2.34 bits per heavy atom. The quantitative estimate of drug-likeness (QED) is 0.358. The molecule has 0 aliphatic rings. The molecule has 0 unspecified atom stereocenters. The van der Waals surface area contributed by atoms with E-state index in [4.69, 9.17) is 5.26 Å². The van der Waals surface area contributed by atoms with Gasteiger partial charge in [-0.3, -0.25) is 10.1 Å². The van der Waals surface area contributed by atoms with E-state index in [9.17, 15) is 13.2 Å². The number of nitrogens with one attached hydrogen (secondary N) is 1. The first-order valence-electron chi connectivity index (χ1n) is 9.74. The van der Waals surface area contributed by atoms with E-state index in [-0.39, 0.29) is 4.90 Å². The number of aromatic nitrogens is 2. The second-order valence-electron chi connectivity index (χ2n) is 6.54. The summed E-state index contributed by atoms with van der Waals surface area (Å²) in [6.07, 6.45) is 0. The molecule has 8 nitrogen and oxygen atoms in total. The number of hydrogen-bond acceptors (Lipinski definition) is 8. The van der Waals surface area contributed by atoms with Crippen LogP contribution < -0.4 is 5.32 Å². The molecule has 0 saturated heterocycles. The fourth-order valence-corrected chi connectivity index (χ4v) is 5.96. The van der Waals surface area contributed by atoms with Crippen LogP contribution in [0, 0.1) is 11.3 Å². The number of amides is 1. The lowest BCUT2D eigenvalue weighted by Gasteiger charge is -2.18. The van der Waals surface area contributed by atoms with Gasteiger partial charge in [0.05, 0.1) is 16.5 Å². The Labute approximate surface area is 195 Å². The van der Waals surface area contributed by atoms with Crippen LogP contribution >= 0.6 is 23.1 Å². The Kier molecular flexibility index (Phi) is 7.98. The van der Waals surface area contributed by atoms with Crippen molar-refractivity contribution in [2.45, 2.75) is 28.8 Å². The van der Waals surface area contributed by atoms with Crippen molar-refractivity contribution in [1.29, 1.82) is 5.26 Å². The van der Waals surface area contributed by atoms with E-state index in [0.29, 0.717) is 39.4 Å². The molecule has 32 heavy (non-hydrogen) atoms. The molecular formula is C21H21N5O3S3. The number of thioether (sulfide) groups is 1. The van der Waals surface area contributed by atoms with Gasteiger partial charge in [-0.2, -0.15) is 9.57 Å². The van der Waals surface area contributed by atoms with Crippen LogP contribution in [0.3, 0.4) is 0 Å². The summed E-state index contributed by atoms with van der Waals surface area (Å²) in [5, 5.41) is 20.0. The van der Waals surface area contributed by atoms with Crippen molar-refractivity contribution in [3.05, 3.63) is 65.2 Å². The SMILES string of the molecule is CCN(CC)S(=O)(=O)c1ccc(C(=O)Nc2nnc(SCc3ccc(C#N)cc3)s2)cc1. The average molecular weight is 488 g/mol. The van der Waals surface area contributed by atoms with E-state index in [0.717, 1.165) is 5.56 Å². The van der Waals surface area contributed by atoms with Crippen LogP contribution in [0.5, 0.6) is 0 Å². The summed E-state index contributed by atoms with van der Waals surface area (Å²) in [7, 11) is -3.57. The van der Waals surface area contributed by atoms with Gasteiger partial charge in [-0.15, -0.1) is 10.2 Å². The molecular weight excluding hydrogens is 466 g/mol. The van der Waals surface area contributed by atoms with Crippen LogP contribution in [0.4, 0.5) is 5.13 Å². The van der Waals surface area contributed by atoms with Crippen molar-refractivity contribution >= 4 is 44.2 Å². The highest BCUT2D eigenvalue weighted by Crippen LogP contribution is 2.28. The minimum absolute atomic E-state index is 0.148. The first-order valence-corrected chi connectivity index (χ1v) is 13.0. The normalized spacial score (nSPS) is 11.3. The predicted molar refractivity (Wildman–Crippen MR) is 125 cm³/mol. The summed E-state index contributed by atoms with van der Waals surface area (Å²) in [5.41, 5.74) is 1.98. The molecule has 0 spiro atoms. The fraction of sp³-hybridized carbons (Fsp3) is 0.238. The van der Waals surface area contributed by atoms with E-state index < -0.39 is 15.9 Å². The molecule has 2 aromatic carbocycles. The lowest BCUT2D eigenvalue weighted by molar-refractivity contribution is 0.102. The minimum atomic E-state index is -3.57. The first kappa shape index (κ1) is 23.9. The van der Waals surface area contributed by atoms with Gasteiger partial charge < -0.3 is 0 Å². The third-order valence-electron chi connectivity index (χ3n) is 4.53. The van der Waals surface area contributed by atoms with Crippen molar-refractivity contribution in [3.8, 4) is 6.07 Å². The van der Waals surface area contributed by atoms with Crippen LogP contribution in [0.2, 0.25) is 0 Å². The molecule has 0 bridgehead atoms. The molecule has 1 amide bonds. The van der Waals surface area contributed by atoms with E-state index in [1.165, 1.54) is 51.7 Å². The highest BCUT2D eigenvalue weighted by molar-refractivity contribution is 8.00. The molecule has 0 fully saturated rings.